The van der Waals surface area contributed by atoms with Crippen molar-refractivity contribution in [1.29, 1.82) is 0 Å². The molecular formula is C18H17FN4. The first-order valence-corrected chi connectivity index (χ1v) is 7.80. The third kappa shape index (κ3) is 2.48. The van der Waals surface area contributed by atoms with Gasteiger partial charge in [0.25, 0.3) is 0 Å². The maximum Gasteiger partial charge on any atom is 0.146 e. The Morgan fingerprint density at radius 2 is 2.00 bits per heavy atom. The molecule has 4 rings (SSSR count). The Morgan fingerprint density at radius 1 is 1.13 bits per heavy atom. The van der Waals surface area contributed by atoms with Gasteiger partial charge in [-0.25, -0.2) is 4.39 Å². The third-order valence-electron chi connectivity index (χ3n) is 4.35. The molecule has 1 atom stereocenters. The Bertz CT molecular complexity index is 800. The van der Waals surface area contributed by atoms with Crippen LogP contribution in [-0.2, 0) is 0 Å². The molecule has 0 aliphatic carbocycles. The molecule has 0 amide bonds. The van der Waals surface area contributed by atoms with Crippen LogP contribution in [0.4, 0.5) is 10.2 Å². The highest BCUT2D eigenvalue weighted by Crippen LogP contribution is 2.39. The third-order valence-corrected chi connectivity index (χ3v) is 4.35. The Hall–Kier alpha value is -2.69. The smallest absolute Gasteiger partial charge is 0.146 e. The van der Waals surface area contributed by atoms with Crippen molar-refractivity contribution < 1.29 is 4.39 Å². The summed E-state index contributed by atoms with van der Waals surface area (Å²) in [6.07, 6.45) is 5.38. The van der Waals surface area contributed by atoms with E-state index >= 15 is 0 Å². The van der Waals surface area contributed by atoms with Crippen molar-refractivity contribution in [1.82, 2.24) is 15.2 Å². The minimum absolute atomic E-state index is 0.0564. The van der Waals surface area contributed by atoms with Gasteiger partial charge in [0.05, 0.1) is 17.9 Å². The number of H-pyrrole nitrogens is 1. The Balaban J connectivity index is 1.74. The minimum Gasteiger partial charge on any atom is -0.348 e. The summed E-state index contributed by atoms with van der Waals surface area (Å²) < 4.78 is 14.2. The van der Waals surface area contributed by atoms with Crippen LogP contribution in [0.3, 0.4) is 0 Å². The number of aromatic amines is 1. The minimum atomic E-state index is -0.245. The van der Waals surface area contributed by atoms with Crippen LogP contribution in [-0.4, -0.2) is 21.7 Å². The van der Waals surface area contributed by atoms with E-state index in [1.165, 1.54) is 6.07 Å². The molecule has 3 heterocycles. The van der Waals surface area contributed by atoms with Gasteiger partial charge in [0.15, 0.2) is 0 Å². The number of nitrogens with one attached hydrogen (secondary N) is 1. The molecule has 1 aliphatic heterocycles. The summed E-state index contributed by atoms with van der Waals surface area (Å²) in [5.41, 5.74) is 2.65. The SMILES string of the molecule is Fc1cccnc1[C@H]1CCCN1c1[nH]ncc1-c1ccccc1. The van der Waals surface area contributed by atoms with Crippen molar-refractivity contribution >= 4 is 5.82 Å². The number of hydrogen-bond donors (Lipinski definition) is 1. The zero-order valence-corrected chi connectivity index (χ0v) is 12.6. The lowest BCUT2D eigenvalue weighted by molar-refractivity contribution is 0.562. The van der Waals surface area contributed by atoms with Gasteiger partial charge in [0.1, 0.15) is 11.6 Å². The molecule has 0 unspecified atom stereocenters. The van der Waals surface area contributed by atoms with E-state index in [1.54, 1.807) is 12.3 Å². The van der Waals surface area contributed by atoms with Gasteiger partial charge in [-0.3, -0.25) is 10.1 Å². The zero-order chi connectivity index (χ0) is 15.6. The van der Waals surface area contributed by atoms with Gasteiger partial charge in [-0.05, 0) is 30.5 Å². The van der Waals surface area contributed by atoms with Crippen LogP contribution >= 0.6 is 0 Å². The summed E-state index contributed by atoms with van der Waals surface area (Å²) >= 11 is 0. The van der Waals surface area contributed by atoms with Crippen molar-refractivity contribution in [2.75, 3.05) is 11.4 Å². The van der Waals surface area contributed by atoms with Crippen molar-refractivity contribution in [3.05, 3.63) is 66.4 Å². The molecule has 1 aromatic carbocycles. The fraction of sp³-hybridized carbons (Fsp3) is 0.222. The van der Waals surface area contributed by atoms with E-state index in [4.69, 9.17) is 0 Å². The topological polar surface area (TPSA) is 44.8 Å². The average Bonchev–Trinajstić information content (AvgIpc) is 3.25. The van der Waals surface area contributed by atoms with Crippen molar-refractivity contribution in [3.63, 3.8) is 0 Å². The van der Waals surface area contributed by atoms with Crippen molar-refractivity contribution in [3.8, 4) is 11.1 Å². The summed E-state index contributed by atoms with van der Waals surface area (Å²) in [6.45, 7) is 0.864. The first-order valence-electron chi connectivity index (χ1n) is 7.80. The lowest BCUT2D eigenvalue weighted by Gasteiger charge is -2.26. The molecule has 0 radical (unpaired) electrons. The number of nitrogens with zero attached hydrogens (tertiary/aromatic N) is 3. The van der Waals surface area contributed by atoms with E-state index in [0.29, 0.717) is 5.69 Å². The van der Waals surface area contributed by atoms with Crippen LogP contribution < -0.4 is 4.90 Å². The first-order chi connectivity index (χ1) is 11.3. The van der Waals surface area contributed by atoms with Gasteiger partial charge < -0.3 is 4.90 Å². The molecule has 3 aromatic rings. The molecule has 1 aliphatic rings. The van der Waals surface area contributed by atoms with Crippen LogP contribution in [0.25, 0.3) is 11.1 Å². The summed E-state index contributed by atoms with van der Waals surface area (Å²) in [5, 5.41) is 7.30. The fourth-order valence-electron chi connectivity index (χ4n) is 3.29. The molecule has 1 fully saturated rings. The maximum atomic E-state index is 14.2. The lowest BCUT2D eigenvalue weighted by atomic mass is 10.1. The number of hydrogen-bond acceptors (Lipinski definition) is 3. The number of benzene rings is 1. The van der Waals surface area contributed by atoms with Crippen LogP contribution in [0.2, 0.25) is 0 Å². The quantitative estimate of drug-likeness (QED) is 0.797. The van der Waals surface area contributed by atoms with Gasteiger partial charge in [0, 0.05) is 18.3 Å². The molecule has 1 N–H and O–H groups in total. The van der Waals surface area contributed by atoms with E-state index in [0.717, 1.165) is 36.3 Å². The zero-order valence-electron chi connectivity index (χ0n) is 12.6. The predicted octanol–water partition coefficient (Wildman–Crippen LogP) is 3.95. The predicted molar refractivity (Wildman–Crippen MR) is 87.5 cm³/mol. The fourth-order valence-corrected chi connectivity index (χ4v) is 3.29. The average molecular weight is 308 g/mol. The highest BCUT2D eigenvalue weighted by atomic mass is 19.1. The van der Waals surface area contributed by atoms with Crippen molar-refractivity contribution in [2.45, 2.75) is 18.9 Å². The van der Waals surface area contributed by atoms with Gasteiger partial charge in [-0.15, -0.1) is 0 Å². The second-order valence-corrected chi connectivity index (χ2v) is 5.72. The molecule has 116 valence electrons. The number of anilines is 1. The Morgan fingerprint density at radius 3 is 2.83 bits per heavy atom. The normalized spacial score (nSPS) is 17.6. The largest absolute Gasteiger partial charge is 0.348 e. The number of halogens is 1. The van der Waals surface area contributed by atoms with Crippen LogP contribution in [0, 0.1) is 5.82 Å². The summed E-state index contributed by atoms with van der Waals surface area (Å²) in [5.74, 6) is 0.689. The lowest BCUT2D eigenvalue weighted by Crippen LogP contribution is -2.25. The van der Waals surface area contributed by atoms with Gasteiger partial charge in [0.2, 0.25) is 0 Å². The molecular weight excluding hydrogens is 291 g/mol. The summed E-state index contributed by atoms with van der Waals surface area (Å²) in [4.78, 5) is 6.45. The molecule has 2 aromatic heterocycles. The molecule has 0 saturated carbocycles. The molecule has 0 spiro atoms. The second-order valence-electron chi connectivity index (χ2n) is 5.72. The van der Waals surface area contributed by atoms with Crippen LogP contribution in [0.15, 0.2) is 54.9 Å². The molecule has 1 saturated heterocycles. The monoisotopic (exact) mass is 308 g/mol. The van der Waals surface area contributed by atoms with E-state index in [9.17, 15) is 4.39 Å². The highest BCUT2D eigenvalue weighted by molar-refractivity contribution is 5.75. The Kier molecular flexibility index (Phi) is 3.54. The number of rotatable bonds is 3. The Labute approximate surface area is 134 Å². The van der Waals surface area contributed by atoms with Crippen LogP contribution in [0.1, 0.15) is 24.6 Å². The van der Waals surface area contributed by atoms with E-state index < -0.39 is 0 Å². The van der Waals surface area contributed by atoms with E-state index in [2.05, 4.69) is 32.2 Å². The van der Waals surface area contributed by atoms with Crippen molar-refractivity contribution in [2.24, 2.45) is 0 Å². The van der Waals surface area contributed by atoms with E-state index in [-0.39, 0.29) is 11.9 Å². The maximum absolute atomic E-state index is 14.2. The number of pyridine rings is 1. The molecule has 0 bridgehead atoms. The van der Waals surface area contributed by atoms with Crippen LogP contribution in [0.5, 0.6) is 0 Å². The second kappa shape index (κ2) is 5.83. The summed E-state index contributed by atoms with van der Waals surface area (Å²) in [6, 6.07) is 13.2. The standard InChI is InChI=1S/C18H17FN4/c19-15-8-4-10-20-17(15)16-9-5-11-23(16)18-14(12-21-22-18)13-6-2-1-3-7-13/h1-4,6-8,10,12,16H,5,9,11H2,(H,21,22)/t16-/m1/s1. The highest BCUT2D eigenvalue weighted by Gasteiger charge is 2.31. The van der Waals surface area contributed by atoms with Gasteiger partial charge in [-0.1, -0.05) is 30.3 Å². The molecule has 23 heavy (non-hydrogen) atoms. The first kappa shape index (κ1) is 13.9. The molecule has 5 heteroatoms. The molecule has 4 nitrogen and oxygen atoms in total. The van der Waals surface area contributed by atoms with E-state index in [1.807, 2.05) is 24.4 Å². The van der Waals surface area contributed by atoms with Gasteiger partial charge in [-0.2, -0.15) is 5.10 Å². The van der Waals surface area contributed by atoms with Gasteiger partial charge >= 0.3 is 0 Å². The summed E-state index contributed by atoms with van der Waals surface area (Å²) in [7, 11) is 0. The number of aromatic nitrogens is 3.